The summed E-state index contributed by atoms with van der Waals surface area (Å²) in [7, 11) is 1.78. The third-order valence-corrected chi connectivity index (χ3v) is 7.51. The van der Waals surface area contributed by atoms with E-state index in [2.05, 4.69) is 9.97 Å². The van der Waals surface area contributed by atoms with E-state index in [-0.39, 0.29) is 18.4 Å². The fourth-order valence-electron chi connectivity index (χ4n) is 4.76. The topological polar surface area (TPSA) is 89.2 Å². The Balaban J connectivity index is 1.24. The second kappa shape index (κ2) is 8.92. The summed E-state index contributed by atoms with van der Waals surface area (Å²) in [4.78, 5) is 38.9. The molecule has 0 spiro atoms. The number of hydrogen-bond donors (Lipinski definition) is 0. The first-order chi connectivity index (χ1) is 17.1. The molecule has 4 aromatic rings. The van der Waals surface area contributed by atoms with Gasteiger partial charge in [-0.05, 0) is 30.9 Å². The highest BCUT2D eigenvalue weighted by molar-refractivity contribution is 7.07. The highest BCUT2D eigenvalue weighted by atomic mass is 32.1. The van der Waals surface area contributed by atoms with Gasteiger partial charge in [0.25, 0.3) is 5.91 Å². The molecule has 9 nitrogen and oxygen atoms in total. The lowest BCUT2D eigenvalue weighted by molar-refractivity contribution is -0.132. The summed E-state index contributed by atoms with van der Waals surface area (Å²) < 4.78 is 3.92. The van der Waals surface area contributed by atoms with Crippen molar-refractivity contribution >= 4 is 34.2 Å². The van der Waals surface area contributed by atoms with Crippen molar-refractivity contribution in [2.24, 2.45) is 5.92 Å². The van der Waals surface area contributed by atoms with Crippen LogP contribution >= 0.6 is 11.3 Å². The van der Waals surface area contributed by atoms with E-state index in [0.717, 1.165) is 34.5 Å². The van der Waals surface area contributed by atoms with Crippen molar-refractivity contribution in [1.29, 1.82) is 0 Å². The number of rotatable bonds is 7. The van der Waals surface area contributed by atoms with E-state index in [1.807, 2.05) is 43.8 Å². The number of thiazole rings is 1. The zero-order valence-electron chi connectivity index (χ0n) is 19.6. The van der Waals surface area contributed by atoms with E-state index < -0.39 is 0 Å². The van der Waals surface area contributed by atoms with Crippen LogP contribution in [0.1, 0.15) is 40.3 Å². The van der Waals surface area contributed by atoms with Crippen molar-refractivity contribution in [3.8, 4) is 0 Å². The Labute approximate surface area is 207 Å². The fourth-order valence-corrected chi connectivity index (χ4v) is 5.31. The fraction of sp³-hybridized carbons (Fsp3) is 0.400. The SMILES string of the molecule is CN(Cc1cscn1)C(=O)c1nn(CC2CC2)c2c1CN(C(=O)Cn1cnc3ccccc31)CC2. The van der Waals surface area contributed by atoms with E-state index in [4.69, 9.17) is 5.10 Å². The zero-order valence-corrected chi connectivity index (χ0v) is 20.4. The van der Waals surface area contributed by atoms with Gasteiger partial charge in [0.15, 0.2) is 5.69 Å². The second-order valence-electron chi connectivity index (χ2n) is 9.47. The highest BCUT2D eigenvalue weighted by Gasteiger charge is 2.33. The van der Waals surface area contributed by atoms with Gasteiger partial charge < -0.3 is 14.4 Å². The molecule has 4 heterocycles. The van der Waals surface area contributed by atoms with Gasteiger partial charge in [-0.1, -0.05) is 12.1 Å². The molecule has 10 heteroatoms. The minimum absolute atomic E-state index is 0.0166. The summed E-state index contributed by atoms with van der Waals surface area (Å²) in [6.45, 7) is 2.52. The van der Waals surface area contributed by atoms with Gasteiger partial charge in [0.05, 0.1) is 35.1 Å². The predicted molar refractivity (Wildman–Crippen MR) is 132 cm³/mol. The summed E-state index contributed by atoms with van der Waals surface area (Å²) in [5, 5.41) is 6.74. The van der Waals surface area contributed by atoms with E-state index in [0.29, 0.717) is 37.7 Å². The van der Waals surface area contributed by atoms with Crippen LogP contribution in [-0.2, 0) is 37.4 Å². The Bertz CT molecular complexity index is 1390. The van der Waals surface area contributed by atoms with Crippen LogP contribution < -0.4 is 0 Å². The number of imidazole rings is 1. The Hall–Kier alpha value is -3.53. The Kier molecular flexibility index (Phi) is 5.60. The van der Waals surface area contributed by atoms with E-state index in [1.165, 1.54) is 24.2 Å². The van der Waals surface area contributed by atoms with Gasteiger partial charge in [0, 0.05) is 49.7 Å². The number of fused-ring (bicyclic) bond motifs is 2. The molecule has 0 N–H and O–H groups in total. The van der Waals surface area contributed by atoms with E-state index in [9.17, 15) is 9.59 Å². The molecule has 2 aliphatic rings. The molecule has 0 saturated heterocycles. The molecule has 0 bridgehead atoms. The van der Waals surface area contributed by atoms with Crippen molar-refractivity contribution in [2.45, 2.75) is 45.4 Å². The molecule has 1 aliphatic heterocycles. The molecular formula is C25H27N7O2S. The first-order valence-electron chi connectivity index (χ1n) is 12.0. The molecule has 1 fully saturated rings. The lowest BCUT2D eigenvalue weighted by atomic mass is 10.0. The minimum Gasteiger partial charge on any atom is -0.336 e. The minimum atomic E-state index is -0.126. The summed E-state index contributed by atoms with van der Waals surface area (Å²) in [6.07, 6.45) is 4.85. The average Bonchev–Trinajstić information content (AvgIpc) is 3.23. The molecule has 6 rings (SSSR count). The van der Waals surface area contributed by atoms with Crippen molar-refractivity contribution in [3.63, 3.8) is 0 Å². The van der Waals surface area contributed by atoms with Gasteiger partial charge in [-0.15, -0.1) is 11.3 Å². The number of carbonyl (C=O) groups is 2. The number of carbonyl (C=O) groups excluding carboxylic acids is 2. The highest BCUT2D eigenvalue weighted by Crippen LogP contribution is 2.33. The molecule has 3 aromatic heterocycles. The normalized spacial score (nSPS) is 15.4. The van der Waals surface area contributed by atoms with Crippen molar-refractivity contribution in [3.05, 3.63) is 64.1 Å². The maximum absolute atomic E-state index is 13.4. The number of amides is 2. The van der Waals surface area contributed by atoms with Gasteiger partial charge >= 0.3 is 0 Å². The zero-order chi connectivity index (χ0) is 23.9. The van der Waals surface area contributed by atoms with Crippen LogP contribution in [0.15, 0.2) is 41.5 Å². The molecule has 0 radical (unpaired) electrons. The van der Waals surface area contributed by atoms with Crippen LogP contribution in [0.3, 0.4) is 0 Å². The molecule has 1 aromatic carbocycles. The van der Waals surface area contributed by atoms with E-state index in [1.54, 1.807) is 23.8 Å². The van der Waals surface area contributed by atoms with Crippen LogP contribution in [0.5, 0.6) is 0 Å². The summed E-state index contributed by atoms with van der Waals surface area (Å²) >= 11 is 1.52. The third kappa shape index (κ3) is 4.34. The molecule has 35 heavy (non-hydrogen) atoms. The summed E-state index contributed by atoms with van der Waals surface area (Å²) in [5.41, 5.74) is 6.89. The molecule has 180 valence electrons. The molecule has 1 saturated carbocycles. The largest absolute Gasteiger partial charge is 0.336 e. The van der Waals surface area contributed by atoms with Crippen LogP contribution in [0.2, 0.25) is 0 Å². The smallest absolute Gasteiger partial charge is 0.274 e. The Morgan fingerprint density at radius 2 is 2.06 bits per heavy atom. The van der Waals surface area contributed by atoms with Crippen molar-refractivity contribution in [1.82, 2.24) is 34.1 Å². The predicted octanol–water partition coefficient (Wildman–Crippen LogP) is 2.96. The first-order valence-corrected chi connectivity index (χ1v) is 12.9. The first kappa shape index (κ1) is 22.0. The third-order valence-electron chi connectivity index (χ3n) is 6.88. The second-order valence-corrected chi connectivity index (χ2v) is 10.2. The quantitative estimate of drug-likeness (QED) is 0.398. The van der Waals surface area contributed by atoms with Crippen molar-refractivity contribution < 1.29 is 9.59 Å². The molecule has 0 unspecified atom stereocenters. The van der Waals surface area contributed by atoms with Crippen molar-refractivity contribution in [2.75, 3.05) is 13.6 Å². The van der Waals surface area contributed by atoms with Crippen LogP contribution in [0.4, 0.5) is 0 Å². The number of benzene rings is 1. The van der Waals surface area contributed by atoms with Crippen LogP contribution in [0, 0.1) is 5.92 Å². The number of aromatic nitrogens is 5. The van der Waals surface area contributed by atoms with Crippen LogP contribution in [0.25, 0.3) is 11.0 Å². The maximum atomic E-state index is 13.4. The number of hydrogen-bond acceptors (Lipinski definition) is 6. The monoisotopic (exact) mass is 489 g/mol. The van der Waals surface area contributed by atoms with Gasteiger partial charge in [0.1, 0.15) is 6.54 Å². The van der Waals surface area contributed by atoms with Gasteiger partial charge in [0.2, 0.25) is 5.91 Å². The lowest BCUT2D eigenvalue weighted by Crippen LogP contribution is -2.39. The van der Waals surface area contributed by atoms with Gasteiger partial charge in [-0.25, -0.2) is 9.97 Å². The number of nitrogens with zero attached hydrogens (tertiary/aromatic N) is 7. The average molecular weight is 490 g/mol. The molecule has 0 atom stereocenters. The molecular weight excluding hydrogens is 462 g/mol. The molecule has 2 amide bonds. The van der Waals surface area contributed by atoms with Gasteiger partial charge in [-0.2, -0.15) is 5.10 Å². The Morgan fingerprint density at radius 1 is 1.20 bits per heavy atom. The lowest BCUT2D eigenvalue weighted by Gasteiger charge is -2.28. The summed E-state index contributed by atoms with van der Waals surface area (Å²) in [6, 6.07) is 7.81. The Morgan fingerprint density at radius 3 is 2.86 bits per heavy atom. The molecule has 1 aliphatic carbocycles. The van der Waals surface area contributed by atoms with Gasteiger partial charge in [-0.3, -0.25) is 14.3 Å². The van der Waals surface area contributed by atoms with E-state index >= 15 is 0 Å². The summed E-state index contributed by atoms with van der Waals surface area (Å²) in [5.74, 6) is 0.533. The van der Waals surface area contributed by atoms with Crippen LogP contribution in [-0.4, -0.2) is 59.5 Å². The standard InChI is InChI=1S/C25H27N7O2S/c1-29(11-18-14-35-16-27-18)25(34)24-19-12-30(9-8-21(19)32(28-24)10-17-6-7-17)23(33)13-31-15-26-20-4-2-3-5-22(20)31/h2-5,14-17H,6-13H2,1H3. The maximum Gasteiger partial charge on any atom is 0.274 e. The number of para-hydroxylation sites is 2.